The van der Waals surface area contributed by atoms with Crippen LogP contribution in [0, 0.1) is 5.92 Å². The molecule has 1 aliphatic carbocycles. The second-order valence-electron chi connectivity index (χ2n) is 5.72. The average Bonchev–Trinajstić information content (AvgIpc) is 2.80. The average molecular weight is 259 g/mol. The molecule has 3 rings (SSSR count). The van der Waals surface area contributed by atoms with Gasteiger partial charge in [0.25, 0.3) is 0 Å². The Kier molecular flexibility index (Phi) is 3.45. The van der Waals surface area contributed by atoms with E-state index >= 15 is 0 Å². The fraction of sp³-hybridized carbons (Fsp3) is 0.562. The summed E-state index contributed by atoms with van der Waals surface area (Å²) in [5, 5.41) is 9.41. The lowest BCUT2D eigenvalue weighted by molar-refractivity contribution is -0.141. The van der Waals surface area contributed by atoms with Crippen LogP contribution in [-0.4, -0.2) is 23.7 Å². The van der Waals surface area contributed by atoms with E-state index in [-0.39, 0.29) is 12.0 Å². The topological polar surface area (TPSA) is 40.5 Å². The maximum atomic E-state index is 11.4. The Morgan fingerprint density at radius 3 is 2.84 bits per heavy atom. The number of fused-ring (bicyclic) bond motifs is 1. The van der Waals surface area contributed by atoms with Crippen molar-refractivity contribution in [3.05, 3.63) is 29.8 Å². The van der Waals surface area contributed by atoms with E-state index in [1.165, 1.54) is 17.7 Å². The molecule has 0 amide bonds. The van der Waals surface area contributed by atoms with Crippen LogP contribution < -0.4 is 4.90 Å². The Hall–Kier alpha value is -1.51. The summed E-state index contributed by atoms with van der Waals surface area (Å²) in [6.07, 6.45) is 6.39. The molecule has 102 valence electrons. The molecule has 0 spiro atoms. The first-order chi connectivity index (χ1) is 9.27. The molecule has 1 N–H and O–H groups in total. The first kappa shape index (κ1) is 12.5. The number of anilines is 1. The zero-order chi connectivity index (χ0) is 13.2. The van der Waals surface area contributed by atoms with E-state index in [1.54, 1.807) is 0 Å². The largest absolute Gasteiger partial charge is 0.481 e. The van der Waals surface area contributed by atoms with Crippen molar-refractivity contribution < 1.29 is 9.90 Å². The number of benzene rings is 1. The van der Waals surface area contributed by atoms with Gasteiger partial charge in [-0.2, -0.15) is 0 Å². The molecule has 2 atom stereocenters. The normalized spacial score (nSPS) is 26.8. The molecular weight excluding hydrogens is 238 g/mol. The highest BCUT2D eigenvalue weighted by Gasteiger charge is 2.37. The Balaban J connectivity index is 1.93. The lowest BCUT2D eigenvalue weighted by Crippen LogP contribution is -2.41. The van der Waals surface area contributed by atoms with Gasteiger partial charge in [-0.15, -0.1) is 0 Å². The van der Waals surface area contributed by atoms with Gasteiger partial charge in [0.2, 0.25) is 0 Å². The molecule has 1 fully saturated rings. The summed E-state index contributed by atoms with van der Waals surface area (Å²) in [6.45, 7) is 1.01. The summed E-state index contributed by atoms with van der Waals surface area (Å²) in [4.78, 5) is 13.8. The maximum Gasteiger partial charge on any atom is 0.308 e. The van der Waals surface area contributed by atoms with Crippen molar-refractivity contribution in [2.75, 3.05) is 11.4 Å². The predicted molar refractivity (Wildman–Crippen MR) is 75.5 cm³/mol. The van der Waals surface area contributed by atoms with Gasteiger partial charge in [-0.25, -0.2) is 0 Å². The molecular formula is C16H21NO2. The Morgan fingerprint density at radius 1 is 1.16 bits per heavy atom. The van der Waals surface area contributed by atoms with Crippen LogP contribution in [0.5, 0.6) is 0 Å². The lowest BCUT2D eigenvalue weighted by atomic mass is 10.0. The van der Waals surface area contributed by atoms with Gasteiger partial charge in [0.05, 0.1) is 5.92 Å². The number of carboxylic acids is 1. The zero-order valence-electron chi connectivity index (χ0n) is 11.2. The molecule has 0 radical (unpaired) electrons. The predicted octanol–water partition coefficient (Wildman–Crippen LogP) is 3.08. The lowest BCUT2D eigenvalue weighted by Gasteiger charge is -2.33. The van der Waals surface area contributed by atoms with E-state index in [9.17, 15) is 9.90 Å². The molecule has 2 aliphatic rings. The van der Waals surface area contributed by atoms with Crippen molar-refractivity contribution in [1.82, 2.24) is 0 Å². The van der Waals surface area contributed by atoms with E-state index in [4.69, 9.17) is 0 Å². The van der Waals surface area contributed by atoms with Gasteiger partial charge >= 0.3 is 5.97 Å². The quantitative estimate of drug-likeness (QED) is 0.887. The van der Waals surface area contributed by atoms with Crippen LogP contribution in [0.2, 0.25) is 0 Å². The summed E-state index contributed by atoms with van der Waals surface area (Å²) in [6, 6.07) is 8.71. The highest BCUT2D eigenvalue weighted by Crippen LogP contribution is 2.36. The zero-order valence-corrected chi connectivity index (χ0v) is 11.2. The second-order valence-corrected chi connectivity index (χ2v) is 5.72. The van der Waals surface area contributed by atoms with Crippen molar-refractivity contribution in [3.8, 4) is 0 Å². The van der Waals surface area contributed by atoms with E-state index in [1.807, 2.05) is 0 Å². The minimum atomic E-state index is -0.621. The van der Waals surface area contributed by atoms with Gasteiger partial charge in [0, 0.05) is 18.3 Å². The van der Waals surface area contributed by atoms with Crippen molar-refractivity contribution in [3.63, 3.8) is 0 Å². The maximum absolute atomic E-state index is 11.4. The van der Waals surface area contributed by atoms with Gasteiger partial charge in [-0.05, 0) is 43.7 Å². The number of carbonyl (C=O) groups is 1. The molecule has 3 heteroatoms. The molecule has 19 heavy (non-hydrogen) atoms. The summed E-state index contributed by atoms with van der Waals surface area (Å²) < 4.78 is 0. The molecule has 0 saturated heterocycles. The van der Waals surface area contributed by atoms with Gasteiger partial charge in [-0.1, -0.05) is 24.6 Å². The van der Waals surface area contributed by atoms with Crippen LogP contribution in [0.4, 0.5) is 5.69 Å². The molecule has 2 unspecified atom stereocenters. The van der Waals surface area contributed by atoms with Crippen LogP contribution in [0.25, 0.3) is 0 Å². The number of rotatable bonds is 2. The van der Waals surface area contributed by atoms with Gasteiger partial charge in [-0.3, -0.25) is 4.79 Å². The van der Waals surface area contributed by atoms with Crippen molar-refractivity contribution in [1.29, 1.82) is 0 Å². The molecule has 0 aromatic heterocycles. The fourth-order valence-corrected chi connectivity index (χ4v) is 3.67. The Labute approximate surface area is 114 Å². The van der Waals surface area contributed by atoms with Crippen LogP contribution in [0.1, 0.15) is 37.7 Å². The highest BCUT2D eigenvalue weighted by atomic mass is 16.4. The first-order valence-corrected chi connectivity index (χ1v) is 7.35. The molecule has 1 saturated carbocycles. The first-order valence-electron chi connectivity index (χ1n) is 7.35. The minimum absolute atomic E-state index is 0.189. The number of nitrogens with zero attached hydrogens (tertiary/aromatic N) is 1. The van der Waals surface area contributed by atoms with Crippen LogP contribution in [-0.2, 0) is 11.2 Å². The standard InChI is InChI=1S/C16H21NO2/c18-16(19)13-8-5-10-15(13)17-11-4-3-7-12-6-1-2-9-14(12)17/h1-2,6,9,13,15H,3-5,7-8,10-11H2,(H,18,19). The Morgan fingerprint density at radius 2 is 2.00 bits per heavy atom. The van der Waals surface area contributed by atoms with Gasteiger partial charge in [0.1, 0.15) is 0 Å². The highest BCUT2D eigenvalue weighted by molar-refractivity contribution is 5.72. The number of aryl methyl sites for hydroxylation is 1. The number of carboxylic acid groups (broad SMARTS) is 1. The molecule has 0 bridgehead atoms. The van der Waals surface area contributed by atoms with Crippen LogP contribution in [0.3, 0.4) is 0 Å². The van der Waals surface area contributed by atoms with E-state index < -0.39 is 5.97 Å². The number of hydrogen-bond acceptors (Lipinski definition) is 2. The Bertz CT molecular complexity index is 472. The third-order valence-corrected chi connectivity index (χ3v) is 4.59. The summed E-state index contributed by atoms with van der Waals surface area (Å²) >= 11 is 0. The molecule has 1 aromatic carbocycles. The summed E-state index contributed by atoms with van der Waals surface area (Å²) in [7, 11) is 0. The molecule has 1 aromatic rings. The van der Waals surface area contributed by atoms with E-state index in [0.29, 0.717) is 0 Å². The molecule has 1 heterocycles. The van der Waals surface area contributed by atoms with Crippen molar-refractivity contribution in [2.45, 2.75) is 44.6 Å². The number of aliphatic carboxylic acids is 1. The summed E-state index contributed by atoms with van der Waals surface area (Å²) in [5.74, 6) is -0.810. The monoisotopic (exact) mass is 259 g/mol. The minimum Gasteiger partial charge on any atom is -0.481 e. The van der Waals surface area contributed by atoms with Gasteiger partial charge < -0.3 is 10.0 Å². The van der Waals surface area contributed by atoms with Crippen molar-refractivity contribution in [2.24, 2.45) is 5.92 Å². The molecule has 3 nitrogen and oxygen atoms in total. The smallest absolute Gasteiger partial charge is 0.308 e. The van der Waals surface area contributed by atoms with Crippen molar-refractivity contribution >= 4 is 11.7 Å². The third kappa shape index (κ3) is 2.34. The summed E-state index contributed by atoms with van der Waals surface area (Å²) in [5.41, 5.74) is 2.66. The van der Waals surface area contributed by atoms with E-state index in [2.05, 4.69) is 29.2 Å². The second kappa shape index (κ2) is 5.24. The van der Waals surface area contributed by atoms with Gasteiger partial charge in [0.15, 0.2) is 0 Å². The fourth-order valence-electron chi connectivity index (χ4n) is 3.67. The SMILES string of the molecule is O=C(O)C1CCCC1N1CCCCc2ccccc21. The molecule has 1 aliphatic heterocycles. The number of para-hydroxylation sites is 1. The third-order valence-electron chi connectivity index (χ3n) is 4.59. The van der Waals surface area contributed by atoms with Crippen LogP contribution >= 0.6 is 0 Å². The van der Waals surface area contributed by atoms with E-state index in [0.717, 1.165) is 38.6 Å². The number of hydrogen-bond donors (Lipinski definition) is 1. The van der Waals surface area contributed by atoms with Crippen LogP contribution in [0.15, 0.2) is 24.3 Å².